The van der Waals surface area contributed by atoms with Crippen LogP contribution in [-0.4, -0.2) is 21.2 Å². The first-order valence-electron chi connectivity index (χ1n) is 10.6. The molecule has 32 heavy (non-hydrogen) atoms. The van der Waals surface area contributed by atoms with E-state index in [4.69, 9.17) is 15.5 Å². The van der Waals surface area contributed by atoms with Gasteiger partial charge < -0.3 is 15.6 Å². The molecule has 0 bridgehead atoms. The first-order valence-corrected chi connectivity index (χ1v) is 10.6. The van der Waals surface area contributed by atoms with Crippen LogP contribution in [0.25, 0.3) is 33.3 Å². The summed E-state index contributed by atoms with van der Waals surface area (Å²) < 4.78 is 5.47. The van der Waals surface area contributed by atoms with Gasteiger partial charge in [0.2, 0.25) is 0 Å². The summed E-state index contributed by atoms with van der Waals surface area (Å²) in [7, 11) is 0. The highest BCUT2D eigenvalue weighted by atomic mass is 16.6. The SMILES string of the molecule is NC(=O)OC1(c2ccc(-c3nc4ccnc(CO)c4cc3-c3ccccc3)cc2)CCC1. The zero-order chi connectivity index (χ0) is 22.1. The Morgan fingerprint density at radius 3 is 2.41 bits per heavy atom. The van der Waals surface area contributed by atoms with Crippen molar-refractivity contribution in [1.29, 1.82) is 0 Å². The van der Waals surface area contributed by atoms with Crippen molar-refractivity contribution >= 4 is 17.0 Å². The van der Waals surface area contributed by atoms with Crippen LogP contribution in [-0.2, 0) is 16.9 Å². The number of carbonyl (C=O) groups is 1. The minimum absolute atomic E-state index is 0.150. The molecule has 1 aliphatic carbocycles. The van der Waals surface area contributed by atoms with Crippen LogP contribution in [0.5, 0.6) is 0 Å². The maximum atomic E-state index is 11.4. The fraction of sp³-hybridized carbons (Fsp3) is 0.192. The number of aliphatic hydroxyl groups excluding tert-OH is 1. The quantitative estimate of drug-likeness (QED) is 0.472. The molecule has 0 spiro atoms. The molecule has 0 aliphatic heterocycles. The number of nitrogens with two attached hydrogens (primary N) is 1. The van der Waals surface area contributed by atoms with Crippen LogP contribution in [0.1, 0.15) is 30.5 Å². The van der Waals surface area contributed by atoms with Crippen molar-refractivity contribution in [3.8, 4) is 22.4 Å². The maximum absolute atomic E-state index is 11.4. The van der Waals surface area contributed by atoms with Crippen molar-refractivity contribution in [3.05, 3.63) is 84.2 Å². The number of aliphatic hydroxyl groups is 1. The number of pyridine rings is 2. The van der Waals surface area contributed by atoms with E-state index < -0.39 is 11.7 Å². The van der Waals surface area contributed by atoms with Crippen LogP contribution < -0.4 is 5.73 Å². The second-order valence-electron chi connectivity index (χ2n) is 8.08. The van der Waals surface area contributed by atoms with Crippen molar-refractivity contribution in [2.45, 2.75) is 31.5 Å². The number of primary amides is 1. The van der Waals surface area contributed by atoms with E-state index in [1.807, 2.05) is 66.7 Å². The van der Waals surface area contributed by atoms with Gasteiger partial charge in [-0.25, -0.2) is 9.78 Å². The lowest BCUT2D eigenvalue weighted by Crippen LogP contribution is -2.40. The van der Waals surface area contributed by atoms with Gasteiger partial charge in [-0.3, -0.25) is 4.98 Å². The molecule has 1 saturated carbocycles. The first kappa shape index (κ1) is 20.2. The van der Waals surface area contributed by atoms with Gasteiger partial charge in [-0.2, -0.15) is 0 Å². The summed E-state index contributed by atoms with van der Waals surface area (Å²) in [5, 5.41) is 10.6. The first-order chi connectivity index (χ1) is 15.6. The van der Waals surface area contributed by atoms with Crippen molar-refractivity contribution in [2.75, 3.05) is 0 Å². The largest absolute Gasteiger partial charge is 0.438 e. The third-order valence-electron chi connectivity index (χ3n) is 6.20. The topological polar surface area (TPSA) is 98.3 Å². The Morgan fingerprint density at radius 1 is 1.03 bits per heavy atom. The molecule has 4 aromatic rings. The zero-order valence-corrected chi connectivity index (χ0v) is 17.5. The van der Waals surface area contributed by atoms with E-state index in [0.717, 1.165) is 58.1 Å². The Hall–Kier alpha value is -3.77. The molecular weight excluding hydrogens is 402 g/mol. The lowest BCUT2D eigenvalue weighted by atomic mass is 9.74. The predicted octanol–water partition coefficient (Wildman–Crippen LogP) is 4.93. The van der Waals surface area contributed by atoms with Crippen LogP contribution in [0.3, 0.4) is 0 Å². The minimum atomic E-state index is -0.746. The standard InChI is InChI=1S/C26H23N3O3/c27-25(31)32-26(12-4-13-26)19-9-7-18(8-10-19)24-20(17-5-2-1-3-6-17)15-21-22(29-24)11-14-28-23(21)16-30/h1-3,5-11,14-15,30H,4,12-13,16H2,(H2,27,31). The predicted molar refractivity (Wildman–Crippen MR) is 123 cm³/mol. The molecule has 0 atom stereocenters. The van der Waals surface area contributed by atoms with Gasteiger partial charge in [0.05, 0.1) is 23.5 Å². The van der Waals surface area contributed by atoms with Gasteiger partial charge in [0.15, 0.2) is 0 Å². The molecule has 1 aliphatic rings. The Labute approximate surface area is 185 Å². The fourth-order valence-corrected chi connectivity index (χ4v) is 4.41. The van der Waals surface area contributed by atoms with Crippen LogP contribution in [0.4, 0.5) is 4.79 Å². The highest BCUT2D eigenvalue weighted by molar-refractivity contribution is 5.92. The summed E-state index contributed by atoms with van der Waals surface area (Å²) in [5.41, 5.74) is 10.8. The number of ether oxygens (including phenoxy) is 1. The normalized spacial score (nSPS) is 14.7. The van der Waals surface area contributed by atoms with Gasteiger partial charge >= 0.3 is 6.09 Å². The van der Waals surface area contributed by atoms with Crippen molar-refractivity contribution < 1.29 is 14.6 Å². The molecule has 5 rings (SSSR count). The summed E-state index contributed by atoms with van der Waals surface area (Å²) in [4.78, 5) is 20.7. The van der Waals surface area contributed by atoms with E-state index in [0.29, 0.717) is 5.69 Å². The van der Waals surface area contributed by atoms with E-state index in [1.54, 1.807) is 6.20 Å². The Kier molecular flexibility index (Phi) is 5.07. The molecule has 3 N–H and O–H groups in total. The molecule has 6 heteroatoms. The molecule has 2 heterocycles. The summed E-state index contributed by atoms with van der Waals surface area (Å²) in [6, 6.07) is 21.9. The monoisotopic (exact) mass is 425 g/mol. The number of fused-ring (bicyclic) bond motifs is 1. The number of hydrogen-bond donors (Lipinski definition) is 2. The number of amides is 1. The van der Waals surface area contributed by atoms with Gasteiger partial charge in [0, 0.05) is 22.7 Å². The lowest BCUT2D eigenvalue weighted by molar-refractivity contribution is -0.0489. The molecule has 1 amide bonds. The van der Waals surface area contributed by atoms with E-state index in [9.17, 15) is 9.90 Å². The van der Waals surface area contributed by atoms with Crippen molar-refractivity contribution in [3.63, 3.8) is 0 Å². The highest BCUT2D eigenvalue weighted by Gasteiger charge is 2.42. The average molecular weight is 425 g/mol. The summed E-state index contributed by atoms with van der Waals surface area (Å²) in [6.07, 6.45) is 3.47. The molecule has 0 unspecified atom stereocenters. The number of hydrogen-bond acceptors (Lipinski definition) is 5. The Balaban J connectivity index is 1.64. The zero-order valence-electron chi connectivity index (χ0n) is 17.5. The van der Waals surface area contributed by atoms with Crippen LogP contribution >= 0.6 is 0 Å². The molecule has 2 aromatic heterocycles. The van der Waals surface area contributed by atoms with Crippen molar-refractivity contribution in [1.82, 2.24) is 9.97 Å². The summed E-state index contributed by atoms with van der Waals surface area (Å²) >= 11 is 0. The molecule has 0 radical (unpaired) electrons. The summed E-state index contributed by atoms with van der Waals surface area (Å²) in [6.45, 7) is -0.150. The highest BCUT2D eigenvalue weighted by Crippen LogP contribution is 2.45. The third-order valence-corrected chi connectivity index (χ3v) is 6.20. The average Bonchev–Trinajstić information content (AvgIpc) is 2.80. The van der Waals surface area contributed by atoms with E-state index in [2.05, 4.69) is 4.98 Å². The number of rotatable bonds is 5. The number of aromatic nitrogens is 2. The van der Waals surface area contributed by atoms with Gasteiger partial charge in [0.1, 0.15) is 5.60 Å². The van der Waals surface area contributed by atoms with Gasteiger partial charge in [0.25, 0.3) is 0 Å². The van der Waals surface area contributed by atoms with E-state index >= 15 is 0 Å². The van der Waals surface area contributed by atoms with E-state index in [-0.39, 0.29) is 6.61 Å². The van der Waals surface area contributed by atoms with Crippen LogP contribution in [0.2, 0.25) is 0 Å². The summed E-state index contributed by atoms with van der Waals surface area (Å²) in [5.74, 6) is 0. The minimum Gasteiger partial charge on any atom is -0.438 e. The lowest BCUT2D eigenvalue weighted by Gasteiger charge is -2.40. The molecule has 0 saturated heterocycles. The Bertz CT molecular complexity index is 1280. The van der Waals surface area contributed by atoms with Crippen LogP contribution in [0.15, 0.2) is 72.9 Å². The molecular formula is C26H23N3O3. The third kappa shape index (κ3) is 3.48. The molecule has 2 aromatic carbocycles. The van der Waals surface area contributed by atoms with Gasteiger partial charge in [-0.1, -0.05) is 54.6 Å². The smallest absolute Gasteiger partial charge is 0.405 e. The van der Waals surface area contributed by atoms with Gasteiger partial charge in [-0.15, -0.1) is 0 Å². The second kappa shape index (κ2) is 8.05. The second-order valence-corrected chi connectivity index (χ2v) is 8.08. The Morgan fingerprint density at radius 2 is 1.78 bits per heavy atom. The fourth-order valence-electron chi connectivity index (χ4n) is 4.41. The number of nitrogens with zero attached hydrogens (tertiary/aromatic N) is 2. The van der Waals surface area contributed by atoms with E-state index in [1.165, 1.54) is 0 Å². The van der Waals surface area contributed by atoms with Crippen molar-refractivity contribution in [2.24, 2.45) is 5.73 Å². The van der Waals surface area contributed by atoms with Gasteiger partial charge in [-0.05, 0) is 42.5 Å². The number of carbonyl (C=O) groups excluding carboxylic acids is 1. The molecule has 6 nitrogen and oxygen atoms in total. The maximum Gasteiger partial charge on any atom is 0.405 e. The molecule has 160 valence electrons. The van der Waals surface area contributed by atoms with Crippen LogP contribution in [0, 0.1) is 0 Å². The number of benzene rings is 2. The molecule has 1 fully saturated rings.